The lowest BCUT2D eigenvalue weighted by Gasteiger charge is -2.35. The third kappa shape index (κ3) is 3.27. The van der Waals surface area contributed by atoms with Gasteiger partial charge in [0.25, 0.3) is 0 Å². The summed E-state index contributed by atoms with van der Waals surface area (Å²) in [6, 6.07) is 7.59. The van der Waals surface area contributed by atoms with Gasteiger partial charge in [-0.25, -0.2) is 4.39 Å². The van der Waals surface area contributed by atoms with E-state index >= 15 is 0 Å². The van der Waals surface area contributed by atoms with Crippen molar-refractivity contribution in [1.29, 1.82) is 0 Å². The molecule has 0 radical (unpaired) electrons. The van der Waals surface area contributed by atoms with Crippen molar-refractivity contribution in [3.05, 3.63) is 35.6 Å². The van der Waals surface area contributed by atoms with Crippen LogP contribution in [0.4, 0.5) is 4.39 Å². The fourth-order valence-electron chi connectivity index (χ4n) is 2.30. The first-order valence-corrected chi connectivity index (χ1v) is 6.36. The van der Waals surface area contributed by atoms with Gasteiger partial charge in [0, 0.05) is 37.8 Å². The summed E-state index contributed by atoms with van der Waals surface area (Å²) >= 11 is 0. The van der Waals surface area contributed by atoms with Gasteiger partial charge in [0.05, 0.1) is 0 Å². The van der Waals surface area contributed by atoms with Gasteiger partial charge in [-0.2, -0.15) is 0 Å². The van der Waals surface area contributed by atoms with E-state index in [-0.39, 0.29) is 5.82 Å². The Morgan fingerprint density at radius 1 is 1.41 bits per heavy atom. The number of benzene rings is 1. The molecule has 1 aromatic rings. The summed E-state index contributed by atoms with van der Waals surface area (Å²) in [4.78, 5) is 2.33. The first-order valence-electron chi connectivity index (χ1n) is 6.36. The molecule has 0 bridgehead atoms. The Labute approximate surface area is 103 Å². The van der Waals surface area contributed by atoms with Crippen LogP contribution in [0.5, 0.6) is 0 Å². The van der Waals surface area contributed by atoms with E-state index in [1.54, 1.807) is 6.07 Å². The average molecular weight is 236 g/mol. The van der Waals surface area contributed by atoms with Crippen molar-refractivity contribution in [1.82, 2.24) is 10.2 Å². The van der Waals surface area contributed by atoms with Crippen molar-refractivity contribution in [3.8, 4) is 0 Å². The maximum Gasteiger partial charge on any atom is 0.127 e. The predicted molar refractivity (Wildman–Crippen MR) is 68.3 cm³/mol. The van der Waals surface area contributed by atoms with Gasteiger partial charge in [-0.05, 0) is 12.0 Å². The largest absolute Gasteiger partial charge is 0.311 e. The third-order valence-electron chi connectivity index (χ3n) is 3.45. The Kier molecular flexibility index (Phi) is 4.13. The maximum atomic E-state index is 13.6. The Morgan fingerprint density at radius 2 is 2.18 bits per heavy atom. The molecule has 0 aliphatic carbocycles. The molecule has 1 aliphatic rings. The fraction of sp³-hybridized carbons (Fsp3) is 0.571. The van der Waals surface area contributed by atoms with E-state index in [4.69, 9.17) is 0 Å². The van der Waals surface area contributed by atoms with Crippen molar-refractivity contribution < 1.29 is 4.39 Å². The minimum absolute atomic E-state index is 0.0906. The van der Waals surface area contributed by atoms with Crippen molar-refractivity contribution in [2.75, 3.05) is 19.6 Å². The number of rotatable bonds is 3. The number of nitrogens with zero attached hydrogens (tertiary/aromatic N) is 1. The Bertz CT molecular complexity index is 365. The number of halogens is 1. The van der Waals surface area contributed by atoms with Crippen molar-refractivity contribution >= 4 is 0 Å². The fourth-order valence-corrected chi connectivity index (χ4v) is 2.30. The minimum atomic E-state index is -0.0906. The van der Waals surface area contributed by atoms with Crippen molar-refractivity contribution in [3.63, 3.8) is 0 Å². The molecule has 1 unspecified atom stereocenters. The molecular formula is C14H21FN2. The van der Waals surface area contributed by atoms with E-state index in [1.807, 2.05) is 12.1 Å². The predicted octanol–water partition coefficient (Wildman–Crippen LogP) is 2.26. The van der Waals surface area contributed by atoms with Gasteiger partial charge >= 0.3 is 0 Å². The standard InChI is InChI=1S/C14H21FN2/c1-11(2)14-10-17(8-7-16-14)9-12-5-3-4-6-13(12)15/h3-6,11,14,16H,7-10H2,1-2H3. The summed E-state index contributed by atoms with van der Waals surface area (Å²) in [5.41, 5.74) is 0.803. The third-order valence-corrected chi connectivity index (χ3v) is 3.45. The summed E-state index contributed by atoms with van der Waals surface area (Å²) in [6.45, 7) is 8.17. The maximum absolute atomic E-state index is 13.6. The van der Waals surface area contributed by atoms with Crippen molar-refractivity contribution in [2.24, 2.45) is 5.92 Å². The molecule has 0 saturated carbocycles. The van der Waals surface area contributed by atoms with Crippen LogP contribution in [0, 0.1) is 11.7 Å². The molecule has 0 spiro atoms. The second-order valence-corrected chi connectivity index (χ2v) is 5.13. The molecule has 1 aliphatic heterocycles. The van der Waals surface area contributed by atoms with Gasteiger partial charge in [-0.3, -0.25) is 4.90 Å². The molecule has 1 atom stereocenters. The lowest BCUT2D eigenvalue weighted by atomic mass is 10.0. The van der Waals surface area contributed by atoms with E-state index in [0.29, 0.717) is 12.0 Å². The number of hydrogen-bond acceptors (Lipinski definition) is 2. The molecule has 1 heterocycles. The van der Waals surface area contributed by atoms with Gasteiger partial charge in [0.1, 0.15) is 5.82 Å². The minimum Gasteiger partial charge on any atom is -0.311 e. The molecule has 1 saturated heterocycles. The molecule has 94 valence electrons. The summed E-state index contributed by atoms with van der Waals surface area (Å²) in [5, 5.41) is 3.51. The van der Waals surface area contributed by atoms with Crippen LogP contribution in [0.25, 0.3) is 0 Å². The van der Waals surface area contributed by atoms with E-state index in [2.05, 4.69) is 24.1 Å². The van der Waals surface area contributed by atoms with Gasteiger partial charge in [-0.1, -0.05) is 32.0 Å². The van der Waals surface area contributed by atoms with Gasteiger partial charge in [0.2, 0.25) is 0 Å². The summed E-state index contributed by atoms with van der Waals surface area (Å²) in [5.74, 6) is 0.533. The number of nitrogens with one attached hydrogen (secondary N) is 1. The van der Waals surface area contributed by atoms with Gasteiger partial charge in [0.15, 0.2) is 0 Å². The molecule has 2 nitrogen and oxygen atoms in total. The van der Waals surface area contributed by atoms with Crippen molar-refractivity contribution in [2.45, 2.75) is 26.4 Å². The summed E-state index contributed by atoms with van der Waals surface area (Å²) in [7, 11) is 0. The highest BCUT2D eigenvalue weighted by atomic mass is 19.1. The highest BCUT2D eigenvalue weighted by Gasteiger charge is 2.22. The number of hydrogen-bond donors (Lipinski definition) is 1. The Hall–Kier alpha value is -0.930. The first kappa shape index (κ1) is 12.5. The molecular weight excluding hydrogens is 215 g/mol. The topological polar surface area (TPSA) is 15.3 Å². The highest BCUT2D eigenvalue weighted by molar-refractivity contribution is 5.17. The van der Waals surface area contributed by atoms with Gasteiger partial charge < -0.3 is 5.32 Å². The van der Waals surface area contributed by atoms with Crippen LogP contribution in [-0.4, -0.2) is 30.6 Å². The summed E-state index contributed by atoms with van der Waals surface area (Å²) < 4.78 is 13.6. The smallest absolute Gasteiger partial charge is 0.127 e. The van der Waals surface area contributed by atoms with Crippen LogP contribution < -0.4 is 5.32 Å². The SMILES string of the molecule is CC(C)C1CN(Cc2ccccc2F)CCN1. The van der Waals surface area contributed by atoms with Gasteiger partial charge in [-0.15, -0.1) is 0 Å². The second-order valence-electron chi connectivity index (χ2n) is 5.13. The van der Waals surface area contributed by atoms with E-state index in [0.717, 1.165) is 31.7 Å². The van der Waals surface area contributed by atoms with E-state index in [9.17, 15) is 4.39 Å². The van der Waals surface area contributed by atoms with Crippen LogP contribution in [0.1, 0.15) is 19.4 Å². The molecule has 2 rings (SSSR count). The number of piperazine rings is 1. The molecule has 0 aromatic heterocycles. The molecule has 1 N–H and O–H groups in total. The molecule has 1 fully saturated rings. The average Bonchev–Trinajstić information content (AvgIpc) is 2.32. The summed E-state index contributed by atoms with van der Waals surface area (Å²) in [6.07, 6.45) is 0. The van der Waals surface area contributed by atoms with Crippen LogP contribution in [0.15, 0.2) is 24.3 Å². The Balaban J connectivity index is 1.97. The van der Waals surface area contributed by atoms with Crippen LogP contribution in [-0.2, 0) is 6.54 Å². The Morgan fingerprint density at radius 3 is 2.88 bits per heavy atom. The molecule has 1 aromatic carbocycles. The molecule has 0 amide bonds. The second kappa shape index (κ2) is 5.61. The zero-order valence-electron chi connectivity index (χ0n) is 10.6. The monoisotopic (exact) mass is 236 g/mol. The lowest BCUT2D eigenvalue weighted by molar-refractivity contribution is 0.167. The van der Waals surface area contributed by atoms with E-state index in [1.165, 1.54) is 6.07 Å². The van der Waals surface area contributed by atoms with Crippen LogP contribution >= 0.6 is 0 Å². The van der Waals surface area contributed by atoms with Crippen LogP contribution in [0.2, 0.25) is 0 Å². The molecule has 17 heavy (non-hydrogen) atoms. The lowest BCUT2D eigenvalue weighted by Crippen LogP contribution is -2.52. The zero-order chi connectivity index (χ0) is 12.3. The molecule has 3 heteroatoms. The van der Waals surface area contributed by atoms with Crippen LogP contribution in [0.3, 0.4) is 0 Å². The van der Waals surface area contributed by atoms with E-state index < -0.39 is 0 Å². The highest BCUT2D eigenvalue weighted by Crippen LogP contribution is 2.13. The zero-order valence-corrected chi connectivity index (χ0v) is 10.6. The first-order chi connectivity index (χ1) is 8.16. The quantitative estimate of drug-likeness (QED) is 0.866. The normalized spacial score (nSPS) is 22.0.